The summed E-state index contributed by atoms with van der Waals surface area (Å²) in [5.41, 5.74) is 3.20. The fraction of sp³-hybridized carbons (Fsp3) is 0.462. The van der Waals surface area contributed by atoms with Gasteiger partial charge in [-0.3, -0.25) is 19.4 Å². The molecule has 0 aromatic heterocycles. The minimum Gasteiger partial charge on any atom is -0.378 e. The van der Waals surface area contributed by atoms with Crippen LogP contribution in [0.4, 0.5) is 11.4 Å². The third kappa shape index (κ3) is 5.54. The van der Waals surface area contributed by atoms with Crippen molar-refractivity contribution in [2.75, 3.05) is 44.4 Å². The lowest BCUT2D eigenvalue weighted by molar-refractivity contribution is -0.126. The fourth-order valence-corrected chi connectivity index (χ4v) is 5.00. The van der Waals surface area contributed by atoms with Crippen molar-refractivity contribution in [2.24, 2.45) is 0 Å². The first-order valence-electron chi connectivity index (χ1n) is 11.8. The Morgan fingerprint density at radius 3 is 2.55 bits per heavy atom. The van der Waals surface area contributed by atoms with Crippen LogP contribution in [0.2, 0.25) is 0 Å². The number of rotatable bonds is 7. The van der Waals surface area contributed by atoms with Crippen molar-refractivity contribution >= 4 is 23.2 Å². The van der Waals surface area contributed by atoms with Crippen LogP contribution in [-0.2, 0) is 16.1 Å². The van der Waals surface area contributed by atoms with Gasteiger partial charge >= 0.3 is 0 Å². The highest BCUT2D eigenvalue weighted by atomic mass is 16.2. The van der Waals surface area contributed by atoms with Crippen molar-refractivity contribution in [1.82, 2.24) is 15.1 Å². The van der Waals surface area contributed by atoms with E-state index in [9.17, 15) is 9.59 Å². The molecule has 2 N–H and O–H groups in total. The summed E-state index contributed by atoms with van der Waals surface area (Å²) in [4.78, 5) is 32.2. The van der Waals surface area contributed by atoms with E-state index in [1.165, 1.54) is 11.3 Å². The van der Waals surface area contributed by atoms with Crippen LogP contribution >= 0.6 is 0 Å². The first-order valence-corrected chi connectivity index (χ1v) is 11.8. The zero-order chi connectivity index (χ0) is 23.4. The van der Waals surface area contributed by atoms with Crippen molar-refractivity contribution in [3.63, 3.8) is 0 Å². The number of fused-ring (bicyclic) bond motifs is 1. The van der Waals surface area contributed by atoms with Crippen LogP contribution in [0.3, 0.4) is 0 Å². The predicted molar refractivity (Wildman–Crippen MR) is 132 cm³/mol. The van der Waals surface area contributed by atoms with E-state index in [1.807, 2.05) is 44.4 Å². The molecule has 2 heterocycles. The van der Waals surface area contributed by atoms with E-state index < -0.39 is 0 Å². The van der Waals surface area contributed by atoms with Gasteiger partial charge in [-0.2, -0.15) is 0 Å². The molecule has 0 bridgehead atoms. The van der Waals surface area contributed by atoms with E-state index in [0.29, 0.717) is 19.4 Å². The molecule has 3 atom stereocenters. The van der Waals surface area contributed by atoms with Crippen LogP contribution in [-0.4, -0.2) is 74.0 Å². The Labute approximate surface area is 196 Å². The van der Waals surface area contributed by atoms with Crippen LogP contribution in [0.5, 0.6) is 0 Å². The molecule has 0 saturated carbocycles. The van der Waals surface area contributed by atoms with Crippen molar-refractivity contribution in [3.05, 3.63) is 60.2 Å². The molecule has 2 saturated heterocycles. The SMILES string of the molecule is CN(C)c1ccc(CN2CC[C@H]3[C@H]2C(=O)NC[C@H](CCC(=O)Nc2ccccc2)N3C)cc1. The number of likely N-dealkylation sites (N-methyl/N-ethyl adjacent to an activating group) is 1. The minimum absolute atomic E-state index is 0.0101. The lowest BCUT2D eigenvalue weighted by Gasteiger charge is -2.33. The second-order valence-electron chi connectivity index (χ2n) is 9.35. The van der Waals surface area contributed by atoms with Crippen LogP contribution in [0, 0.1) is 0 Å². The molecule has 0 unspecified atom stereocenters. The maximum atomic E-state index is 13.0. The monoisotopic (exact) mass is 449 g/mol. The molecule has 2 aromatic carbocycles. The summed E-state index contributed by atoms with van der Waals surface area (Å²) < 4.78 is 0. The van der Waals surface area contributed by atoms with E-state index in [0.717, 1.165) is 25.2 Å². The summed E-state index contributed by atoms with van der Waals surface area (Å²) >= 11 is 0. The van der Waals surface area contributed by atoms with Gasteiger partial charge in [-0.05, 0) is 49.7 Å². The van der Waals surface area contributed by atoms with E-state index >= 15 is 0 Å². The molecule has 7 heteroatoms. The van der Waals surface area contributed by atoms with Gasteiger partial charge in [0, 0.05) is 63.6 Å². The first kappa shape index (κ1) is 23.3. The van der Waals surface area contributed by atoms with Crippen molar-refractivity contribution in [3.8, 4) is 0 Å². The average molecular weight is 450 g/mol. The fourth-order valence-electron chi connectivity index (χ4n) is 5.00. The number of benzene rings is 2. The molecule has 7 nitrogen and oxygen atoms in total. The number of likely N-dealkylation sites (tertiary alicyclic amines) is 1. The van der Waals surface area contributed by atoms with E-state index in [1.54, 1.807) is 0 Å². The zero-order valence-electron chi connectivity index (χ0n) is 19.8. The lowest BCUT2D eigenvalue weighted by Crippen LogP contribution is -2.49. The molecule has 0 radical (unpaired) electrons. The van der Waals surface area contributed by atoms with Gasteiger partial charge in [0.15, 0.2) is 0 Å². The van der Waals surface area contributed by atoms with Crippen molar-refractivity contribution in [1.29, 1.82) is 0 Å². The standard InChI is InChI=1S/C26H35N5O2/c1-29(2)21-11-9-19(10-12-21)18-31-16-15-23-25(31)26(33)27-17-22(30(23)3)13-14-24(32)28-20-7-5-4-6-8-20/h4-12,22-23,25H,13-18H2,1-3H3,(H,27,33)(H,28,32)/t22-,23-,25-/m0/s1. The Bertz CT molecular complexity index is 947. The van der Waals surface area contributed by atoms with Crippen LogP contribution < -0.4 is 15.5 Å². The zero-order valence-corrected chi connectivity index (χ0v) is 19.8. The van der Waals surface area contributed by atoms with Gasteiger partial charge < -0.3 is 15.5 Å². The highest BCUT2D eigenvalue weighted by molar-refractivity contribution is 5.90. The van der Waals surface area contributed by atoms with Gasteiger partial charge in [-0.1, -0.05) is 30.3 Å². The summed E-state index contributed by atoms with van der Waals surface area (Å²) in [5.74, 6) is 0.112. The molecular formula is C26H35N5O2. The third-order valence-electron chi connectivity index (χ3n) is 6.95. The smallest absolute Gasteiger partial charge is 0.239 e. The second-order valence-corrected chi connectivity index (χ2v) is 9.35. The summed E-state index contributed by atoms with van der Waals surface area (Å²) in [5, 5.41) is 6.11. The molecule has 2 aromatic rings. The molecule has 33 heavy (non-hydrogen) atoms. The lowest BCUT2D eigenvalue weighted by atomic mass is 10.0. The topological polar surface area (TPSA) is 67.9 Å². The number of amides is 2. The Morgan fingerprint density at radius 2 is 1.85 bits per heavy atom. The maximum absolute atomic E-state index is 13.0. The van der Waals surface area contributed by atoms with Gasteiger partial charge in [0.05, 0.1) is 0 Å². The van der Waals surface area contributed by atoms with Gasteiger partial charge in [0.25, 0.3) is 0 Å². The number of nitrogens with one attached hydrogen (secondary N) is 2. The number of anilines is 2. The summed E-state index contributed by atoms with van der Waals surface area (Å²) in [7, 11) is 6.17. The summed E-state index contributed by atoms with van der Waals surface area (Å²) in [6.07, 6.45) is 2.10. The minimum atomic E-state index is -0.160. The molecule has 2 fully saturated rings. The van der Waals surface area contributed by atoms with E-state index in [2.05, 4.69) is 56.6 Å². The van der Waals surface area contributed by atoms with Crippen molar-refractivity contribution < 1.29 is 9.59 Å². The number of hydrogen-bond acceptors (Lipinski definition) is 5. The van der Waals surface area contributed by atoms with E-state index in [4.69, 9.17) is 0 Å². The van der Waals surface area contributed by atoms with Crippen LogP contribution in [0.15, 0.2) is 54.6 Å². The van der Waals surface area contributed by atoms with Gasteiger partial charge in [0.1, 0.15) is 6.04 Å². The Morgan fingerprint density at radius 1 is 1.12 bits per heavy atom. The van der Waals surface area contributed by atoms with E-state index in [-0.39, 0.29) is 29.9 Å². The number of nitrogens with zero attached hydrogens (tertiary/aromatic N) is 3. The first-order chi connectivity index (χ1) is 15.9. The Kier molecular flexibility index (Phi) is 7.30. The molecule has 2 aliphatic rings. The van der Waals surface area contributed by atoms with Gasteiger partial charge in [-0.15, -0.1) is 0 Å². The average Bonchev–Trinajstić information content (AvgIpc) is 3.18. The normalized spacial score (nSPS) is 23.5. The number of carbonyl (C=O) groups excluding carboxylic acids is 2. The molecule has 4 rings (SSSR count). The molecule has 2 aliphatic heterocycles. The molecule has 176 valence electrons. The quantitative estimate of drug-likeness (QED) is 0.680. The highest BCUT2D eigenvalue weighted by Gasteiger charge is 2.44. The Hall–Kier alpha value is -2.90. The van der Waals surface area contributed by atoms with Gasteiger partial charge in [0.2, 0.25) is 11.8 Å². The predicted octanol–water partition coefficient (Wildman–Crippen LogP) is 2.54. The van der Waals surface area contributed by atoms with Crippen molar-refractivity contribution in [2.45, 2.75) is 43.9 Å². The molecular weight excluding hydrogens is 414 g/mol. The highest BCUT2D eigenvalue weighted by Crippen LogP contribution is 2.29. The maximum Gasteiger partial charge on any atom is 0.239 e. The second kappa shape index (κ2) is 10.4. The Balaban J connectivity index is 1.36. The number of para-hydroxylation sites is 1. The molecule has 0 aliphatic carbocycles. The molecule has 2 amide bonds. The number of carbonyl (C=O) groups is 2. The number of hydrogen-bond donors (Lipinski definition) is 2. The van der Waals surface area contributed by atoms with Gasteiger partial charge in [-0.25, -0.2) is 0 Å². The van der Waals surface area contributed by atoms with Crippen LogP contribution in [0.1, 0.15) is 24.8 Å². The molecule has 0 spiro atoms. The van der Waals surface area contributed by atoms with Crippen LogP contribution in [0.25, 0.3) is 0 Å². The summed E-state index contributed by atoms with van der Waals surface area (Å²) in [6, 6.07) is 18.2. The third-order valence-corrected chi connectivity index (χ3v) is 6.95. The summed E-state index contributed by atoms with van der Waals surface area (Å²) in [6.45, 7) is 2.23. The largest absolute Gasteiger partial charge is 0.378 e.